The molecule has 90 heavy (non-hydrogen) atoms. The lowest BCUT2D eigenvalue weighted by molar-refractivity contribution is -0.477. The SMILES string of the molecule is CC(C)(C)c1cc(C(C)(C)C)c(C2=[N+](C3CCCCC3)[B-](Cl)(Cl)N2C2CCCCC2)c(C(C)(C)C)c1.CC(C)(C)c1cc(C(C)(C)C)c(C2=[N+](C3CCCCC3)[B-](Cl)(Cl)N2C2CCCCC2)c(C(C)(C)C)c1.c1ccccc1.c1ccccc1.c1ccccc1. The second kappa shape index (κ2) is 30.8. The first-order chi connectivity index (χ1) is 42.1. The Morgan fingerprint density at radius 1 is 0.289 bits per heavy atom. The average Bonchev–Trinajstić information content (AvgIpc) is 0.701. The van der Waals surface area contributed by atoms with Gasteiger partial charge in [0.05, 0.1) is 35.3 Å². The molecular formula is C80H120B2Cl4N4. The van der Waals surface area contributed by atoms with Gasteiger partial charge < -0.3 is 18.6 Å². The predicted molar refractivity (Wildman–Crippen MR) is 399 cm³/mol. The fourth-order valence-electron chi connectivity index (χ4n) is 14.8. The van der Waals surface area contributed by atoms with E-state index in [2.05, 4.69) is 167 Å². The fraction of sp³-hybridized carbons (Fsp3) is 0.600. The van der Waals surface area contributed by atoms with E-state index in [1.54, 1.807) is 0 Å². The van der Waals surface area contributed by atoms with Crippen LogP contribution in [0.2, 0.25) is 0 Å². The predicted octanol–water partition coefficient (Wildman–Crippen LogP) is 23.5. The van der Waals surface area contributed by atoms with Gasteiger partial charge in [0.2, 0.25) is 0 Å². The summed E-state index contributed by atoms with van der Waals surface area (Å²) in [6.45, 7) is 42.5. The maximum absolute atomic E-state index is 7.44. The van der Waals surface area contributed by atoms with Crippen molar-refractivity contribution in [2.75, 3.05) is 0 Å². The second-order valence-corrected chi connectivity index (χ2v) is 36.4. The largest absolute Gasteiger partial charge is 0.549 e. The van der Waals surface area contributed by atoms with Crippen molar-refractivity contribution < 1.29 is 8.97 Å². The lowest BCUT2D eigenvalue weighted by Crippen LogP contribution is -2.75. The van der Waals surface area contributed by atoms with Gasteiger partial charge in [-0.05, 0) is 169 Å². The Morgan fingerprint density at radius 3 is 0.656 bits per heavy atom. The molecule has 6 aliphatic rings. The van der Waals surface area contributed by atoms with Gasteiger partial charge in [-0.2, -0.15) is 0 Å². The average molecular weight is 1300 g/mol. The van der Waals surface area contributed by atoms with E-state index in [9.17, 15) is 0 Å². The molecule has 494 valence electrons. The molecule has 0 radical (unpaired) electrons. The number of amidine groups is 2. The number of rotatable bonds is 6. The molecule has 0 unspecified atom stereocenters. The zero-order valence-corrected chi connectivity index (χ0v) is 62.6. The number of nitrogens with zero attached hydrogens (tertiary/aromatic N) is 4. The summed E-state index contributed by atoms with van der Waals surface area (Å²) in [4.78, 5) is 5.01. The highest BCUT2D eigenvalue weighted by atomic mass is 35.5. The third kappa shape index (κ3) is 18.4. The van der Waals surface area contributed by atoms with Gasteiger partial charge in [-0.15, -0.1) is 0 Å². The summed E-state index contributed by atoms with van der Waals surface area (Å²) in [5.41, 5.74) is 11.6. The summed E-state index contributed by atoms with van der Waals surface area (Å²) in [5, 5.41) is -3.56. The molecular weight excluding hydrogens is 1180 g/mol. The van der Waals surface area contributed by atoms with Crippen LogP contribution in [0.15, 0.2) is 133 Å². The molecule has 5 aromatic rings. The van der Waals surface area contributed by atoms with Crippen LogP contribution in [0.4, 0.5) is 0 Å². The molecule has 2 aliphatic heterocycles. The number of halogens is 4. The van der Waals surface area contributed by atoms with E-state index in [-0.39, 0.29) is 32.5 Å². The summed E-state index contributed by atoms with van der Waals surface area (Å²) in [7, 11) is 0. The first kappa shape index (κ1) is 73.7. The molecule has 4 aliphatic carbocycles. The van der Waals surface area contributed by atoms with Crippen molar-refractivity contribution in [1.29, 1.82) is 0 Å². The smallest absolute Gasteiger partial charge is 0.389 e. The first-order valence-electron chi connectivity index (χ1n) is 35.4. The minimum Gasteiger partial charge on any atom is -0.389 e. The zero-order chi connectivity index (χ0) is 66.1. The van der Waals surface area contributed by atoms with Crippen LogP contribution in [0.1, 0.15) is 298 Å². The monoisotopic (exact) mass is 1300 g/mol. The molecule has 11 rings (SSSR count). The van der Waals surface area contributed by atoms with Crippen LogP contribution in [0, 0.1) is 0 Å². The van der Waals surface area contributed by atoms with Crippen LogP contribution in [0.3, 0.4) is 0 Å². The van der Waals surface area contributed by atoms with Crippen molar-refractivity contribution in [3.05, 3.63) is 178 Å². The normalized spacial score (nSPS) is 19.8. The van der Waals surface area contributed by atoms with Crippen molar-refractivity contribution in [2.24, 2.45) is 0 Å². The molecule has 0 saturated heterocycles. The number of benzene rings is 5. The molecule has 4 fully saturated rings. The Balaban J connectivity index is 0.000000199. The second-order valence-electron chi connectivity index (χ2n) is 33.5. The molecule has 2 heterocycles. The highest BCUT2D eigenvalue weighted by molar-refractivity contribution is 7.42. The topological polar surface area (TPSA) is 12.5 Å². The van der Waals surface area contributed by atoms with Gasteiger partial charge in [0.1, 0.15) is 0 Å². The van der Waals surface area contributed by atoms with Crippen LogP contribution in [0.5, 0.6) is 0 Å². The molecule has 0 N–H and O–H groups in total. The van der Waals surface area contributed by atoms with Crippen molar-refractivity contribution >= 4 is 68.0 Å². The summed E-state index contributed by atoms with van der Waals surface area (Å²) in [5.74, 6) is 2.68. The van der Waals surface area contributed by atoms with E-state index in [0.29, 0.717) is 24.2 Å². The van der Waals surface area contributed by atoms with Gasteiger partial charge in [-0.25, -0.2) is 0 Å². The van der Waals surface area contributed by atoms with E-state index < -0.39 is 10.5 Å². The molecule has 0 spiro atoms. The van der Waals surface area contributed by atoms with Gasteiger partial charge in [-0.3, -0.25) is 45.8 Å². The van der Waals surface area contributed by atoms with Crippen LogP contribution in [-0.2, 0) is 32.5 Å². The van der Waals surface area contributed by atoms with Crippen molar-refractivity contribution in [3.8, 4) is 0 Å². The summed E-state index contributed by atoms with van der Waals surface area (Å²) < 4.78 is 5.01. The van der Waals surface area contributed by atoms with Gasteiger partial charge in [-0.1, -0.05) is 284 Å². The Bertz CT molecular complexity index is 2700. The van der Waals surface area contributed by atoms with E-state index in [0.717, 1.165) is 0 Å². The van der Waals surface area contributed by atoms with Gasteiger partial charge in [0.15, 0.2) is 11.7 Å². The number of hydrogen-bond acceptors (Lipinski definition) is 2. The first-order valence-corrected chi connectivity index (χ1v) is 37.2. The minimum atomic E-state index is -1.78. The molecule has 4 nitrogen and oxygen atoms in total. The summed E-state index contributed by atoms with van der Waals surface area (Å²) in [6.07, 6.45) is 25.1. The standard InChI is InChI=1S/2C31H51BCl2N2.3C6H6/c2*1-29(2,3)22-20-25(30(4,5)6)27(26(21-22)31(7,8)9)28-35(23-16-12-10-13-17-23)32(33,34)36(28)24-18-14-11-15-19-24;3*1-2-4-6-5-3-1/h2*20-21,23-24H,10-19H2,1-9H3;3*1-6H. The fourth-order valence-corrected chi connectivity index (χ4v) is 16.8. The lowest BCUT2D eigenvalue weighted by atomic mass is 9.69. The van der Waals surface area contributed by atoms with Crippen molar-refractivity contribution in [2.45, 2.75) is 310 Å². The Labute approximate surface area is 570 Å². The van der Waals surface area contributed by atoms with E-state index in [1.165, 1.54) is 185 Å². The van der Waals surface area contributed by atoms with E-state index >= 15 is 0 Å². The molecule has 10 heteroatoms. The van der Waals surface area contributed by atoms with Gasteiger partial charge >= 0.3 is 10.5 Å². The zero-order valence-electron chi connectivity index (χ0n) is 59.6. The maximum atomic E-state index is 7.44. The molecule has 0 atom stereocenters. The highest BCUT2D eigenvalue weighted by Gasteiger charge is 2.62. The lowest BCUT2D eigenvalue weighted by Gasteiger charge is -2.57. The third-order valence-corrected chi connectivity index (χ3v) is 21.6. The minimum absolute atomic E-state index is 0.00391. The van der Waals surface area contributed by atoms with Crippen LogP contribution >= 0.6 is 45.8 Å². The quantitative estimate of drug-likeness (QED) is 0.157. The molecule has 0 bridgehead atoms. The Morgan fingerprint density at radius 2 is 0.478 bits per heavy atom. The summed E-state index contributed by atoms with van der Waals surface area (Å²) >= 11 is 29.8. The van der Waals surface area contributed by atoms with Crippen LogP contribution in [-0.4, -0.2) is 64.9 Å². The van der Waals surface area contributed by atoms with E-state index in [4.69, 9.17) is 45.8 Å². The Hall–Kier alpha value is -3.67. The maximum Gasteiger partial charge on any atom is 0.549 e. The highest BCUT2D eigenvalue weighted by Crippen LogP contribution is 2.50. The van der Waals surface area contributed by atoms with E-state index in [1.807, 2.05) is 109 Å². The third-order valence-electron chi connectivity index (χ3n) is 19.9. The molecule has 0 amide bonds. The molecule has 0 aromatic heterocycles. The van der Waals surface area contributed by atoms with Gasteiger partial charge in [0.25, 0.3) is 0 Å². The van der Waals surface area contributed by atoms with Crippen molar-refractivity contribution in [1.82, 2.24) is 9.62 Å². The molecule has 4 saturated carbocycles. The molecule has 5 aromatic carbocycles. The van der Waals surface area contributed by atoms with Gasteiger partial charge in [0, 0.05) is 0 Å². The summed E-state index contributed by atoms with van der Waals surface area (Å²) in [6, 6.07) is 47.8. The van der Waals surface area contributed by atoms with Crippen molar-refractivity contribution in [3.63, 3.8) is 0 Å². The Kier molecular flexibility index (Phi) is 25.2. The van der Waals surface area contributed by atoms with Crippen LogP contribution in [0.25, 0.3) is 0 Å². The van der Waals surface area contributed by atoms with Crippen LogP contribution < -0.4 is 0 Å². The number of hydrogen-bond donors (Lipinski definition) is 0.